The van der Waals surface area contributed by atoms with E-state index in [1.807, 2.05) is 20.8 Å². The number of hydrogen-bond donors (Lipinski definition) is 1. The van der Waals surface area contributed by atoms with Gasteiger partial charge in [0.25, 0.3) is 0 Å². The second-order valence-corrected chi connectivity index (χ2v) is 12.2. The summed E-state index contributed by atoms with van der Waals surface area (Å²) in [6, 6.07) is 3.22. The molecule has 0 aromatic heterocycles. The van der Waals surface area contributed by atoms with Gasteiger partial charge < -0.3 is 38.9 Å². The zero-order valence-electron chi connectivity index (χ0n) is 27.4. The Morgan fingerprint density at radius 3 is 1.56 bits per heavy atom. The third-order valence-corrected chi connectivity index (χ3v) is 7.03. The first kappa shape index (κ1) is 37.5. The van der Waals surface area contributed by atoms with E-state index in [4.69, 9.17) is 38.9 Å². The predicted octanol–water partition coefficient (Wildman–Crippen LogP) is 6.63. The zero-order chi connectivity index (χ0) is 33.2. The van der Waals surface area contributed by atoms with Crippen LogP contribution in [0.15, 0.2) is 18.2 Å². The van der Waals surface area contributed by atoms with Gasteiger partial charge in [0.05, 0.1) is 0 Å². The van der Waals surface area contributed by atoms with Gasteiger partial charge in [-0.05, 0) is 98.8 Å². The summed E-state index contributed by atoms with van der Waals surface area (Å²) in [4.78, 5) is 49.8. The molecule has 0 heterocycles. The molecule has 1 unspecified atom stereocenters. The van der Waals surface area contributed by atoms with Crippen LogP contribution < -0.4 is 15.2 Å². The average Bonchev–Trinajstić information content (AvgIpc) is 2.88. The Morgan fingerprint density at radius 2 is 1.09 bits per heavy atom. The SMILES string of the molecule is CCC(C)(C)OC(=O)Oc1ccc(C[C@H](N)C(=O)O[C@@H](C)C(C)OC(=O)OC(C)(C)CC)cc1OC(=O)OC(C)(C)CC. The van der Waals surface area contributed by atoms with E-state index < -0.39 is 59.5 Å². The lowest BCUT2D eigenvalue weighted by molar-refractivity contribution is -0.156. The molecule has 0 aliphatic heterocycles. The maximum Gasteiger partial charge on any atom is 0.514 e. The second-order valence-electron chi connectivity index (χ2n) is 12.2. The Bertz CT molecular complexity index is 1110. The Morgan fingerprint density at radius 1 is 0.674 bits per heavy atom. The summed E-state index contributed by atoms with van der Waals surface area (Å²) in [5.74, 6) is -0.978. The van der Waals surface area contributed by atoms with E-state index in [0.717, 1.165) is 0 Å². The van der Waals surface area contributed by atoms with Crippen molar-refractivity contribution in [3.05, 3.63) is 23.8 Å². The summed E-state index contributed by atoms with van der Waals surface area (Å²) >= 11 is 0. The second kappa shape index (κ2) is 15.8. The Balaban J connectivity index is 3.02. The largest absolute Gasteiger partial charge is 0.514 e. The molecule has 43 heavy (non-hydrogen) atoms. The summed E-state index contributed by atoms with van der Waals surface area (Å²) in [6.07, 6.45) is -2.85. The van der Waals surface area contributed by atoms with E-state index in [-0.39, 0.29) is 17.9 Å². The number of rotatable bonds is 14. The average molecular weight is 612 g/mol. The first-order chi connectivity index (χ1) is 19.7. The van der Waals surface area contributed by atoms with E-state index in [1.54, 1.807) is 61.5 Å². The van der Waals surface area contributed by atoms with Gasteiger partial charge in [0, 0.05) is 0 Å². The highest BCUT2D eigenvalue weighted by molar-refractivity contribution is 5.76. The van der Waals surface area contributed by atoms with Gasteiger partial charge in [-0.25, -0.2) is 14.4 Å². The van der Waals surface area contributed by atoms with Gasteiger partial charge in [-0.3, -0.25) is 4.79 Å². The van der Waals surface area contributed by atoms with Crippen LogP contribution in [0.3, 0.4) is 0 Å². The van der Waals surface area contributed by atoms with E-state index in [1.165, 1.54) is 12.1 Å². The lowest BCUT2D eigenvalue weighted by atomic mass is 10.1. The first-order valence-corrected chi connectivity index (χ1v) is 14.5. The highest BCUT2D eigenvalue weighted by Crippen LogP contribution is 2.31. The van der Waals surface area contributed by atoms with Crippen LogP contribution in [0.1, 0.15) is 101 Å². The van der Waals surface area contributed by atoms with Crippen LogP contribution in [0.4, 0.5) is 14.4 Å². The Kier molecular flexibility index (Phi) is 13.8. The van der Waals surface area contributed by atoms with Gasteiger partial charge in [0.2, 0.25) is 0 Å². The standard InChI is InChI=1S/C31H49NO11/c1-12-29(6,7)41-26(34)38-20(5)19(4)37-25(33)22(32)17-21-15-16-23(39-27(35)42-30(8,9)13-2)24(18-21)40-28(36)43-31(10,11)14-3/h15-16,18-20,22H,12-14,17,32H2,1-11H3/t19-,20?,22-/m0/s1. The van der Waals surface area contributed by atoms with Gasteiger partial charge in [-0.2, -0.15) is 0 Å². The van der Waals surface area contributed by atoms with Gasteiger partial charge in [-0.15, -0.1) is 0 Å². The molecule has 0 spiro atoms. The topological polar surface area (TPSA) is 159 Å². The minimum Gasteiger partial charge on any atom is -0.458 e. The van der Waals surface area contributed by atoms with Crippen LogP contribution in [0.25, 0.3) is 0 Å². The molecule has 0 saturated carbocycles. The van der Waals surface area contributed by atoms with Crippen molar-refractivity contribution in [2.75, 3.05) is 0 Å². The fourth-order valence-electron chi connectivity index (χ4n) is 2.93. The number of carbonyl (C=O) groups is 4. The molecule has 1 rings (SSSR count). The summed E-state index contributed by atoms with van der Waals surface area (Å²) in [5, 5.41) is 0. The molecule has 0 fully saturated rings. The molecule has 3 atom stereocenters. The van der Waals surface area contributed by atoms with Crippen molar-refractivity contribution in [3.63, 3.8) is 0 Å². The molecule has 0 aliphatic rings. The van der Waals surface area contributed by atoms with Crippen LogP contribution in [-0.2, 0) is 34.9 Å². The number of hydrogen-bond acceptors (Lipinski definition) is 12. The lowest BCUT2D eigenvalue weighted by Gasteiger charge is -2.26. The van der Waals surface area contributed by atoms with Crippen LogP contribution in [-0.4, -0.2) is 59.5 Å². The maximum atomic E-state index is 12.7. The van der Waals surface area contributed by atoms with Crippen molar-refractivity contribution in [1.29, 1.82) is 0 Å². The molecule has 12 nitrogen and oxygen atoms in total. The number of nitrogens with two attached hydrogens (primary N) is 1. The molecule has 2 N–H and O–H groups in total. The molecular formula is C31H49NO11. The van der Waals surface area contributed by atoms with Crippen molar-refractivity contribution in [2.24, 2.45) is 5.73 Å². The van der Waals surface area contributed by atoms with E-state index in [0.29, 0.717) is 24.8 Å². The first-order valence-electron chi connectivity index (χ1n) is 14.5. The van der Waals surface area contributed by atoms with E-state index in [2.05, 4.69) is 0 Å². The lowest BCUT2D eigenvalue weighted by Crippen LogP contribution is -2.40. The highest BCUT2D eigenvalue weighted by Gasteiger charge is 2.29. The predicted molar refractivity (Wildman–Crippen MR) is 158 cm³/mol. The molecule has 1 aromatic carbocycles. The summed E-state index contributed by atoms with van der Waals surface area (Å²) in [5.41, 5.74) is 4.31. The summed E-state index contributed by atoms with van der Waals surface area (Å²) in [7, 11) is 0. The van der Waals surface area contributed by atoms with Crippen LogP contribution in [0.5, 0.6) is 11.5 Å². The minimum absolute atomic E-state index is 0.0209. The van der Waals surface area contributed by atoms with Gasteiger partial charge in [-0.1, -0.05) is 26.8 Å². The van der Waals surface area contributed by atoms with Crippen molar-refractivity contribution < 1.29 is 52.3 Å². The molecule has 1 aromatic rings. The van der Waals surface area contributed by atoms with Crippen molar-refractivity contribution in [1.82, 2.24) is 0 Å². The molecule has 0 aliphatic carbocycles. The zero-order valence-corrected chi connectivity index (χ0v) is 27.4. The fraction of sp³-hybridized carbons (Fsp3) is 0.677. The third kappa shape index (κ3) is 13.5. The van der Waals surface area contributed by atoms with Crippen LogP contribution >= 0.6 is 0 Å². The smallest absolute Gasteiger partial charge is 0.458 e. The van der Waals surface area contributed by atoms with Gasteiger partial charge >= 0.3 is 24.4 Å². The molecular weight excluding hydrogens is 562 g/mol. The van der Waals surface area contributed by atoms with Crippen LogP contribution in [0, 0.1) is 0 Å². The van der Waals surface area contributed by atoms with Crippen molar-refractivity contribution >= 4 is 24.4 Å². The maximum absolute atomic E-state index is 12.7. The quantitative estimate of drug-likeness (QED) is 0.136. The number of benzene rings is 1. The molecule has 244 valence electrons. The van der Waals surface area contributed by atoms with Crippen molar-refractivity contribution in [3.8, 4) is 11.5 Å². The third-order valence-electron chi connectivity index (χ3n) is 7.03. The number of esters is 1. The molecule has 12 heteroatoms. The Hall–Kier alpha value is -3.54. The molecule has 0 saturated heterocycles. The Labute approximate surface area is 254 Å². The van der Waals surface area contributed by atoms with Gasteiger partial charge in [0.15, 0.2) is 11.5 Å². The molecule has 0 bridgehead atoms. The molecule has 0 radical (unpaired) electrons. The fourth-order valence-corrected chi connectivity index (χ4v) is 2.93. The minimum atomic E-state index is -1.12. The van der Waals surface area contributed by atoms with E-state index >= 15 is 0 Å². The summed E-state index contributed by atoms with van der Waals surface area (Å²) in [6.45, 7) is 19.1. The normalized spacial score (nSPS) is 14.0. The van der Waals surface area contributed by atoms with E-state index in [9.17, 15) is 19.2 Å². The highest BCUT2D eigenvalue weighted by atomic mass is 16.8. The van der Waals surface area contributed by atoms with Crippen molar-refractivity contribution in [2.45, 2.75) is 137 Å². The number of carbonyl (C=O) groups excluding carboxylic acids is 4. The monoisotopic (exact) mass is 611 g/mol. The molecule has 0 amide bonds. The number of ether oxygens (including phenoxy) is 7. The van der Waals surface area contributed by atoms with Crippen LogP contribution in [0.2, 0.25) is 0 Å². The van der Waals surface area contributed by atoms with Gasteiger partial charge in [0.1, 0.15) is 35.1 Å². The summed E-state index contributed by atoms with van der Waals surface area (Å²) < 4.78 is 37.3.